The highest BCUT2D eigenvalue weighted by Gasteiger charge is 2.28. The first kappa shape index (κ1) is 8.97. The second-order valence-electron chi connectivity index (χ2n) is 3.58. The van der Waals surface area contributed by atoms with Crippen molar-refractivity contribution in [2.24, 2.45) is 11.7 Å². The maximum Gasteiger partial charge on any atom is 0.0738 e. The maximum absolute atomic E-state index is 9.39. The summed E-state index contributed by atoms with van der Waals surface area (Å²) in [6.45, 7) is 4.67. The maximum atomic E-state index is 9.39. The molecule has 0 bridgehead atoms. The molecule has 1 heterocycles. The van der Waals surface area contributed by atoms with Crippen LogP contribution in [0.2, 0.25) is 0 Å². The lowest BCUT2D eigenvalue weighted by molar-refractivity contribution is -0.0746. The minimum Gasteiger partial charge on any atom is -0.391 e. The molecule has 1 fully saturated rings. The molecule has 3 nitrogen and oxygen atoms in total. The van der Waals surface area contributed by atoms with E-state index in [2.05, 4.69) is 13.8 Å². The van der Waals surface area contributed by atoms with Gasteiger partial charge in [-0.2, -0.15) is 0 Å². The zero-order valence-electron chi connectivity index (χ0n) is 7.16. The van der Waals surface area contributed by atoms with E-state index in [0.29, 0.717) is 18.9 Å². The molecule has 0 spiro atoms. The molecule has 0 saturated carbocycles. The van der Waals surface area contributed by atoms with E-state index in [1.54, 1.807) is 0 Å². The third-order valence-corrected chi connectivity index (χ3v) is 2.21. The van der Waals surface area contributed by atoms with Crippen molar-refractivity contribution in [1.29, 1.82) is 0 Å². The van der Waals surface area contributed by atoms with Crippen LogP contribution >= 0.6 is 0 Å². The lowest BCUT2D eigenvalue weighted by Gasteiger charge is -2.33. The van der Waals surface area contributed by atoms with Crippen LogP contribution in [-0.4, -0.2) is 30.0 Å². The van der Waals surface area contributed by atoms with E-state index in [4.69, 9.17) is 10.5 Å². The van der Waals surface area contributed by atoms with Crippen LogP contribution < -0.4 is 5.73 Å². The SMILES string of the molecule is CC(C)[C@@H]1C[C@H](O)[C@@H](N)CO1. The van der Waals surface area contributed by atoms with E-state index < -0.39 is 0 Å². The summed E-state index contributed by atoms with van der Waals surface area (Å²) in [5, 5.41) is 9.39. The third-order valence-electron chi connectivity index (χ3n) is 2.21. The number of rotatable bonds is 1. The Hall–Kier alpha value is -0.120. The van der Waals surface area contributed by atoms with Crippen LogP contribution in [0.3, 0.4) is 0 Å². The summed E-state index contributed by atoms with van der Waals surface area (Å²) < 4.78 is 5.44. The van der Waals surface area contributed by atoms with Gasteiger partial charge in [0.25, 0.3) is 0 Å². The summed E-state index contributed by atoms with van der Waals surface area (Å²) in [6, 6.07) is -0.190. The minimum atomic E-state index is -0.379. The van der Waals surface area contributed by atoms with Gasteiger partial charge in [0.05, 0.1) is 24.9 Å². The van der Waals surface area contributed by atoms with Gasteiger partial charge in [0.2, 0.25) is 0 Å². The standard InChI is InChI=1S/C8H17NO2/c1-5(2)8-3-7(10)6(9)4-11-8/h5-8,10H,3-4,9H2,1-2H3/t6-,7-,8-/m0/s1. The van der Waals surface area contributed by atoms with Crippen molar-refractivity contribution in [3.05, 3.63) is 0 Å². The molecule has 1 rings (SSSR count). The van der Waals surface area contributed by atoms with Crippen molar-refractivity contribution in [1.82, 2.24) is 0 Å². The first-order chi connectivity index (χ1) is 5.11. The Morgan fingerprint density at radius 1 is 1.55 bits per heavy atom. The smallest absolute Gasteiger partial charge is 0.0738 e. The molecule has 66 valence electrons. The van der Waals surface area contributed by atoms with Crippen LogP contribution in [0.5, 0.6) is 0 Å². The van der Waals surface area contributed by atoms with Gasteiger partial charge in [0.15, 0.2) is 0 Å². The third kappa shape index (κ3) is 2.15. The number of hydrogen-bond donors (Lipinski definition) is 2. The average Bonchev–Trinajstić information content (AvgIpc) is 1.94. The summed E-state index contributed by atoms with van der Waals surface area (Å²) in [6.07, 6.45) is 0.486. The molecule has 3 N–H and O–H groups in total. The Kier molecular flexibility index (Phi) is 2.87. The zero-order chi connectivity index (χ0) is 8.43. The van der Waals surface area contributed by atoms with Gasteiger partial charge in [-0.1, -0.05) is 13.8 Å². The number of nitrogens with two attached hydrogens (primary N) is 1. The van der Waals surface area contributed by atoms with Crippen LogP contribution in [0.15, 0.2) is 0 Å². The monoisotopic (exact) mass is 159 g/mol. The summed E-state index contributed by atoms with van der Waals surface area (Å²) in [7, 11) is 0. The van der Waals surface area contributed by atoms with Crippen LogP contribution in [-0.2, 0) is 4.74 Å². The first-order valence-electron chi connectivity index (χ1n) is 4.16. The van der Waals surface area contributed by atoms with Gasteiger partial charge in [-0.15, -0.1) is 0 Å². The fraction of sp³-hybridized carbons (Fsp3) is 1.00. The number of ether oxygens (including phenoxy) is 1. The Labute approximate surface area is 67.5 Å². The van der Waals surface area contributed by atoms with Crippen molar-refractivity contribution >= 4 is 0 Å². The molecule has 1 saturated heterocycles. The van der Waals surface area contributed by atoms with Gasteiger partial charge in [-0.25, -0.2) is 0 Å². The molecule has 3 atom stereocenters. The number of aliphatic hydroxyl groups is 1. The second-order valence-corrected chi connectivity index (χ2v) is 3.58. The van der Waals surface area contributed by atoms with Crippen LogP contribution in [0.4, 0.5) is 0 Å². The van der Waals surface area contributed by atoms with Gasteiger partial charge in [0.1, 0.15) is 0 Å². The summed E-state index contributed by atoms with van der Waals surface area (Å²) >= 11 is 0. The zero-order valence-corrected chi connectivity index (χ0v) is 7.16. The van der Waals surface area contributed by atoms with Gasteiger partial charge in [-0.3, -0.25) is 0 Å². The van der Waals surface area contributed by atoms with Gasteiger partial charge >= 0.3 is 0 Å². The molecule has 3 heteroatoms. The minimum absolute atomic E-state index is 0.185. The largest absolute Gasteiger partial charge is 0.391 e. The number of hydrogen-bond acceptors (Lipinski definition) is 3. The van der Waals surface area contributed by atoms with Crippen molar-refractivity contribution in [2.45, 2.75) is 38.5 Å². The van der Waals surface area contributed by atoms with Crippen molar-refractivity contribution in [3.63, 3.8) is 0 Å². The molecule has 0 aromatic heterocycles. The van der Waals surface area contributed by atoms with Crippen LogP contribution in [0.25, 0.3) is 0 Å². The fourth-order valence-electron chi connectivity index (χ4n) is 1.29. The molecule has 1 aliphatic rings. The quantitative estimate of drug-likeness (QED) is 0.571. The van der Waals surface area contributed by atoms with Crippen LogP contribution in [0, 0.1) is 5.92 Å². The molecule has 0 unspecified atom stereocenters. The van der Waals surface area contributed by atoms with E-state index in [1.165, 1.54) is 0 Å². The Morgan fingerprint density at radius 3 is 2.64 bits per heavy atom. The fourth-order valence-corrected chi connectivity index (χ4v) is 1.29. The summed E-state index contributed by atoms with van der Waals surface area (Å²) in [5.74, 6) is 0.470. The Balaban J connectivity index is 2.40. The van der Waals surface area contributed by atoms with E-state index in [-0.39, 0.29) is 18.2 Å². The highest BCUT2D eigenvalue weighted by atomic mass is 16.5. The molecule has 0 amide bonds. The molecule has 11 heavy (non-hydrogen) atoms. The molecule has 1 aliphatic heterocycles. The predicted molar refractivity (Wildman–Crippen MR) is 43.2 cm³/mol. The summed E-state index contributed by atoms with van der Waals surface area (Å²) in [5.41, 5.74) is 5.57. The molecular formula is C8H17NO2. The highest BCUT2D eigenvalue weighted by molar-refractivity contribution is 4.81. The Morgan fingerprint density at radius 2 is 2.18 bits per heavy atom. The Bertz CT molecular complexity index is 127. The molecular weight excluding hydrogens is 142 g/mol. The first-order valence-corrected chi connectivity index (χ1v) is 4.16. The van der Waals surface area contributed by atoms with E-state index in [9.17, 15) is 5.11 Å². The number of aliphatic hydroxyl groups excluding tert-OH is 1. The van der Waals surface area contributed by atoms with Crippen molar-refractivity contribution in [2.75, 3.05) is 6.61 Å². The average molecular weight is 159 g/mol. The second kappa shape index (κ2) is 3.52. The highest BCUT2D eigenvalue weighted by Crippen LogP contribution is 2.19. The molecule has 0 aromatic rings. The molecule has 0 radical (unpaired) electrons. The van der Waals surface area contributed by atoms with E-state index in [1.807, 2.05) is 0 Å². The lowest BCUT2D eigenvalue weighted by atomic mass is 9.95. The van der Waals surface area contributed by atoms with Crippen LogP contribution in [0.1, 0.15) is 20.3 Å². The predicted octanol–water partition coefficient (Wildman–Crippen LogP) is 0.120. The lowest BCUT2D eigenvalue weighted by Crippen LogP contribution is -2.47. The topological polar surface area (TPSA) is 55.5 Å². The summed E-state index contributed by atoms with van der Waals surface area (Å²) in [4.78, 5) is 0. The van der Waals surface area contributed by atoms with Gasteiger partial charge < -0.3 is 15.6 Å². The van der Waals surface area contributed by atoms with Crippen molar-refractivity contribution in [3.8, 4) is 0 Å². The van der Waals surface area contributed by atoms with Gasteiger partial charge in [0, 0.05) is 6.42 Å². The van der Waals surface area contributed by atoms with Crippen molar-refractivity contribution < 1.29 is 9.84 Å². The normalized spacial score (nSPS) is 39.5. The van der Waals surface area contributed by atoms with E-state index in [0.717, 1.165) is 0 Å². The van der Waals surface area contributed by atoms with E-state index >= 15 is 0 Å². The molecule has 0 aromatic carbocycles. The van der Waals surface area contributed by atoms with Gasteiger partial charge in [-0.05, 0) is 5.92 Å². The molecule has 0 aliphatic carbocycles.